The first-order valence-electron chi connectivity index (χ1n) is 6.36. The van der Waals surface area contributed by atoms with Gasteiger partial charge in [-0.05, 0) is 25.7 Å². The Balaban J connectivity index is 3.59. The number of hydrogen-bond donors (Lipinski definition) is 1. The predicted octanol–water partition coefficient (Wildman–Crippen LogP) is 4.23. The van der Waals surface area contributed by atoms with Crippen LogP contribution in [0, 0.1) is 0 Å². The van der Waals surface area contributed by atoms with Crippen molar-refractivity contribution in [3.63, 3.8) is 0 Å². The van der Waals surface area contributed by atoms with Gasteiger partial charge in [-0.15, -0.1) is 0 Å². The van der Waals surface area contributed by atoms with Crippen LogP contribution in [-0.2, 0) is 0 Å². The van der Waals surface area contributed by atoms with Crippen LogP contribution in [0.25, 0.3) is 0 Å². The van der Waals surface area contributed by atoms with E-state index in [0.29, 0.717) is 25.7 Å². The average Bonchev–Trinajstić information content (AvgIpc) is 2.31. The number of hydrogen-bond acceptors (Lipinski definition) is 1. The molecule has 0 aromatic carbocycles. The van der Waals surface area contributed by atoms with Gasteiger partial charge in [-0.2, -0.15) is 0 Å². The van der Waals surface area contributed by atoms with Gasteiger partial charge < -0.3 is 0 Å². The van der Waals surface area contributed by atoms with Gasteiger partial charge in [-0.3, -0.25) is 9.71 Å². The molecule has 0 aliphatic heterocycles. The maximum Gasteiger partial charge on any atom is 0.184 e. The van der Waals surface area contributed by atoms with Crippen LogP contribution in [0.2, 0.25) is 0 Å². The summed E-state index contributed by atoms with van der Waals surface area (Å²) in [6.07, 6.45) is -2.11. The summed E-state index contributed by atoms with van der Waals surface area (Å²) in [6, 6.07) is 0. The predicted molar refractivity (Wildman–Crippen MR) is 61.8 cm³/mol. The molecule has 0 spiro atoms. The summed E-state index contributed by atoms with van der Waals surface area (Å²) in [4.78, 5) is 0. The highest BCUT2D eigenvalue weighted by Gasteiger charge is 2.22. The van der Waals surface area contributed by atoms with Crippen LogP contribution in [0.4, 0.5) is 17.6 Å². The minimum absolute atomic E-state index is 0.0981. The maximum absolute atomic E-state index is 13.2. The van der Waals surface area contributed by atoms with Crippen molar-refractivity contribution in [1.29, 1.82) is 0 Å². The molecule has 0 radical (unpaired) electrons. The summed E-state index contributed by atoms with van der Waals surface area (Å²) in [6.45, 7) is 1.47. The Kier molecular flexibility index (Phi) is 10.6. The van der Waals surface area contributed by atoms with Gasteiger partial charge in [0.25, 0.3) is 0 Å². The summed E-state index contributed by atoms with van der Waals surface area (Å²) >= 11 is 0. The van der Waals surface area contributed by atoms with Crippen molar-refractivity contribution in [1.82, 2.24) is 5.32 Å². The van der Waals surface area contributed by atoms with Gasteiger partial charge in [0.2, 0.25) is 0 Å². The second kappa shape index (κ2) is 10.8. The van der Waals surface area contributed by atoms with Crippen LogP contribution < -0.4 is 5.32 Å². The lowest BCUT2D eigenvalue weighted by Crippen LogP contribution is -2.39. The Bertz CT molecular complexity index is 169. The highest BCUT2D eigenvalue weighted by Crippen LogP contribution is 2.13. The Morgan fingerprint density at radius 1 is 0.941 bits per heavy atom. The van der Waals surface area contributed by atoms with E-state index in [1.54, 1.807) is 0 Å². The third-order valence-electron chi connectivity index (χ3n) is 2.58. The molecule has 1 nitrogen and oxygen atoms in total. The van der Waals surface area contributed by atoms with Crippen molar-refractivity contribution in [2.45, 2.75) is 70.6 Å². The molecule has 104 valence electrons. The third kappa shape index (κ3) is 9.39. The van der Waals surface area contributed by atoms with E-state index in [4.69, 9.17) is 0 Å². The maximum atomic E-state index is 13.2. The van der Waals surface area contributed by atoms with E-state index < -0.39 is 25.4 Å². The lowest BCUT2D eigenvalue weighted by Gasteiger charge is -2.17. The molecule has 0 aliphatic carbocycles. The zero-order valence-electron chi connectivity index (χ0n) is 10.4. The molecule has 0 aromatic heterocycles. The van der Waals surface area contributed by atoms with E-state index in [1.165, 1.54) is 0 Å². The van der Waals surface area contributed by atoms with Crippen molar-refractivity contribution in [2.75, 3.05) is 6.67 Å². The number of nitrogens with one attached hydrogen (secondary N) is 1. The topological polar surface area (TPSA) is 12.0 Å². The molecule has 0 aliphatic rings. The first kappa shape index (κ1) is 16.7. The third-order valence-corrected chi connectivity index (χ3v) is 2.58. The van der Waals surface area contributed by atoms with Gasteiger partial charge in [0, 0.05) is 0 Å². The summed E-state index contributed by atoms with van der Waals surface area (Å²) in [5.74, 6) is 0. The largest absolute Gasteiger partial charge is 0.255 e. The summed E-state index contributed by atoms with van der Waals surface area (Å²) < 4.78 is 51.2. The normalized spacial score (nSPS) is 16.8. The number of unbranched alkanes of at least 4 members (excludes halogenated alkanes) is 3. The lowest BCUT2D eigenvalue weighted by molar-refractivity contribution is 0.0799. The summed E-state index contributed by atoms with van der Waals surface area (Å²) in [7, 11) is 0. The smallest absolute Gasteiger partial charge is 0.184 e. The first-order valence-corrected chi connectivity index (χ1v) is 6.36. The van der Waals surface area contributed by atoms with Gasteiger partial charge in [0.1, 0.15) is 6.17 Å². The number of halogens is 4. The Hall–Kier alpha value is -0.320. The average molecular weight is 257 g/mol. The molecular formula is C12H23F4N. The van der Waals surface area contributed by atoms with Crippen molar-refractivity contribution in [3.8, 4) is 0 Å². The molecule has 1 N–H and O–H groups in total. The molecule has 0 fully saturated rings. The molecule has 0 saturated carbocycles. The van der Waals surface area contributed by atoms with Crippen molar-refractivity contribution >= 4 is 0 Å². The van der Waals surface area contributed by atoms with Gasteiger partial charge in [0.05, 0.1) is 6.67 Å². The van der Waals surface area contributed by atoms with E-state index in [0.717, 1.165) is 6.42 Å². The van der Waals surface area contributed by atoms with Gasteiger partial charge >= 0.3 is 0 Å². The summed E-state index contributed by atoms with van der Waals surface area (Å²) in [5, 5.41) is 1.96. The highest BCUT2D eigenvalue weighted by atomic mass is 19.2. The van der Waals surface area contributed by atoms with Gasteiger partial charge in [-0.1, -0.05) is 26.2 Å². The fourth-order valence-corrected chi connectivity index (χ4v) is 1.50. The Morgan fingerprint density at radius 3 is 2.24 bits per heavy atom. The minimum Gasteiger partial charge on any atom is -0.255 e. The molecule has 0 amide bonds. The van der Waals surface area contributed by atoms with Crippen LogP contribution in [0.3, 0.4) is 0 Å². The van der Waals surface area contributed by atoms with Crippen LogP contribution in [0.5, 0.6) is 0 Å². The van der Waals surface area contributed by atoms with E-state index in [1.807, 2.05) is 12.2 Å². The molecule has 0 heterocycles. The molecule has 0 saturated heterocycles. The number of alkyl halides is 4. The van der Waals surface area contributed by atoms with E-state index in [-0.39, 0.29) is 12.8 Å². The molecular weight excluding hydrogens is 234 g/mol. The monoisotopic (exact) mass is 257 g/mol. The van der Waals surface area contributed by atoms with Crippen LogP contribution >= 0.6 is 0 Å². The molecule has 17 heavy (non-hydrogen) atoms. The van der Waals surface area contributed by atoms with Crippen molar-refractivity contribution in [2.24, 2.45) is 0 Å². The minimum atomic E-state index is -1.95. The molecule has 3 atom stereocenters. The lowest BCUT2D eigenvalue weighted by atomic mass is 10.1. The van der Waals surface area contributed by atoms with E-state index in [9.17, 15) is 17.6 Å². The van der Waals surface area contributed by atoms with Gasteiger partial charge in [-0.25, -0.2) is 13.2 Å². The zero-order chi connectivity index (χ0) is 13.1. The summed E-state index contributed by atoms with van der Waals surface area (Å²) in [5.41, 5.74) is 0. The standard InChI is InChI=1S/C12H23F4N/c1-2-3-7-10(14)12(16)17-11(15)8-5-4-6-9-13/h10-12,17H,2-9H2,1H3. The van der Waals surface area contributed by atoms with Crippen LogP contribution in [-0.4, -0.2) is 25.4 Å². The molecule has 3 unspecified atom stereocenters. The van der Waals surface area contributed by atoms with E-state index >= 15 is 0 Å². The fraction of sp³-hybridized carbons (Fsp3) is 1.00. The second-order valence-corrected chi connectivity index (χ2v) is 4.23. The Labute approximate surface area is 101 Å². The van der Waals surface area contributed by atoms with Crippen molar-refractivity contribution in [3.05, 3.63) is 0 Å². The number of rotatable bonds is 11. The molecule has 0 aromatic rings. The second-order valence-electron chi connectivity index (χ2n) is 4.23. The van der Waals surface area contributed by atoms with Crippen molar-refractivity contribution < 1.29 is 17.6 Å². The molecule has 0 bridgehead atoms. The Morgan fingerprint density at radius 2 is 1.65 bits per heavy atom. The van der Waals surface area contributed by atoms with Crippen LogP contribution in [0.1, 0.15) is 51.9 Å². The quantitative estimate of drug-likeness (QED) is 0.332. The first-order chi connectivity index (χ1) is 8.11. The van der Waals surface area contributed by atoms with Crippen LogP contribution in [0.15, 0.2) is 0 Å². The molecule has 5 heteroatoms. The SMILES string of the molecule is CCCCC(F)C(F)NC(F)CCCCCF. The zero-order valence-corrected chi connectivity index (χ0v) is 10.4. The van der Waals surface area contributed by atoms with E-state index in [2.05, 4.69) is 0 Å². The highest BCUT2D eigenvalue weighted by molar-refractivity contribution is 4.68. The molecule has 0 rings (SSSR count). The van der Waals surface area contributed by atoms with Gasteiger partial charge in [0.15, 0.2) is 12.6 Å². The fourth-order valence-electron chi connectivity index (χ4n) is 1.50.